The van der Waals surface area contributed by atoms with Crippen LogP contribution in [-0.2, 0) is 4.74 Å². The maximum Gasteiger partial charge on any atom is 0.253 e. The van der Waals surface area contributed by atoms with E-state index in [1.54, 1.807) is 31.1 Å². The molecule has 1 aliphatic rings. The molecule has 1 fully saturated rings. The van der Waals surface area contributed by atoms with Gasteiger partial charge in [-0.3, -0.25) is 4.79 Å². The first-order valence-electron chi connectivity index (χ1n) is 7.04. The van der Waals surface area contributed by atoms with E-state index in [0.717, 1.165) is 38.1 Å². The third kappa shape index (κ3) is 3.63. The number of amides is 1. The lowest BCUT2D eigenvalue weighted by Crippen LogP contribution is -2.22. The van der Waals surface area contributed by atoms with E-state index < -0.39 is 0 Å². The van der Waals surface area contributed by atoms with E-state index in [2.05, 4.69) is 5.32 Å². The quantitative estimate of drug-likeness (QED) is 0.807. The first-order chi connectivity index (χ1) is 9.58. The van der Waals surface area contributed by atoms with E-state index in [4.69, 9.17) is 10.5 Å². The van der Waals surface area contributed by atoms with Gasteiger partial charge in [0.1, 0.15) is 0 Å². The standard InChI is InChI=1S/C15H23N3O2/c1-18(2)15(19)11-5-6-13(16)14(10-11)17-8-7-12-4-3-9-20-12/h5-6,10,12,17H,3-4,7-9,16H2,1-2H3. The third-order valence-corrected chi connectivity index (χ3v) is 3.51. The van der Waals surface area contributed by atoms with Crippen LogP contribution < -0.4 is 11.1 Å². The first-order valence-corrected chi connectivity index (χ1v) is 7.04. The molecule has 1 heterocycles. The Hall–Kier alpha value is -1.75. The van der Waals surface area contributed by atoms with Crippen LogP contribution in [0, 0.1) is 0 Å². The van der Waals surface area contributed by atoms with E-state index >= 15 is 0 Å². The van der Waals surface area contributed by atoms with Crippen molar-refractivity contribution in [1.82, 2.24) is 4.90 Å². The van der Waals surface area contributed by atoms with Crippen LogP contribution in [0.3, 0.4) is 0 Å². The van der Waals surface area contributed by atoms with Gasteiger partial charge >= 0.3 is 0 Å². The lowest BCUT2D eigenvalue weighted by atomic mass is 10.1. The van der Waals surface area contributed by atoms with Crippen LogP contribution in [-0.4, -0.2) is 44.2 Å². The normalized spacial score (nSPS) is 18.0. The van der Waals surface area contributed by atoms with Crippen molar-refractivity contribution in [2.24, 2.45) is 0 Å². The van der Waals surface area contributed by atoms with E-state index in [1.165, 1.54) is 0 Å². The highest BCUT2D eigenvalue weighted by atomic mass is 16.5. The van der Waals surface area contributed by atoms with Gasteiger partial charge in [0.05, 0.1) is 17.5 Å². The summed E-state index contributed by atoms with van der Waals surface area (Å²) >= 11 is 0. The van der Waals surface area contributed by atoms with E-state index in [9.17, 15) is 4.79 Å². The predicted molar refractivity (Wildman–Crippen MR) is 81.0 cm³/mol. The van der Waals surface area contributed by atoms with Crippen molar-refractivity contribution in [3.63, 3.8) is 0 Å². The van der Waals surface area contributed by atoms with Crippen molar-refractivity contribution in [3.8, 4) is 0 Å². The zero-order chi connectivity index (χ0) is 14.5. The van der Waals surface area contributed by atoms with Crippen LogP contribution in [0.1, 0.15) is 29.6 Å². The molecular weight excluding hydrogens is 254 g/mol. The van der Waals surface area contributed by atoms with E-state index in [0.29, 0.717) is 17.4 Å². The fourth-order valence-electron chi connectivity index (χ4n) is 2.34. The van der Waals surface area contributed by atoms with Gasteiger partial charge in [-0.25, -0.2) is 0 Å². The molecule has 110 valence electrons. The van der Waals surface area contributed by atoms with Gasteiger partial charge in [0.2, 0.25) is 0 Å². The number of carbonyl (C=O) groups excluding carboxylic acids is 1. The van der Waals surface area contributed by atoms with Crippen molar-refractivity contribution in [2.75, 3.05) is 38.3 Å². The number of hydrogen-bond donors (Lipinski definition) is 2. The average Bonchev–Trinajstić information content (AvgIpc) is 2.93. The Morgan fingerprint density at radius 1 is 1.50 bits per heavy atom. The Morgan fingerprint density at radius 3 is 2.95 bits per heavy atom. The van der Waals surface area contributed by atoms with Crippen molar-refractivity contribution >= 4 is 17.3 Å². The predicted octanol–water partition coefficient (Wildman–Crippen LogP) is 1.95. The molecule has 1 aromatic carbocycles. The number of nitrogens with zero attached hydrogens (tertiary/aromatic N) is 1. The molecule has 5 nitrogen and oxygen atoms in total. The molecule has 0 aromatic heterocycles. The van der Waals surface area contributed by atoms with Crippen LogP contribution in [0.5, 0.6) is 0 Å². The topological polar surface area (TPSA) is 67.6 Å². The van der Waals surface area contributed by atoms with Crippen LogP contribution >= 0.6 is 0 Å². The van der Waals surface area contributed by atoms with Crippen molar-refractivity contribution in [2.45, 2.75) is 25.4 Å². The smallest absolute Gasteiger partial charge is 0.253 e. The van der Waals surface area contributed by atoms with Gasteiger partial charge in [0.15, 0.2) is 0 Å². The highest BCUT2D eigenvalue weighted by molar-refractivity contribution is 5.95. The lowest BCUT2D eigenvalue weighted by molar-refractivity contribution is 0.0827. The van der Waals surface area contributed by atoms with E-state index in [-0.39, 0.29) is 5.91 Å². The monoisotopic (exact) mass is 277 g/mol. The number of nitrogens with two attached hydrogens (primary N) is 1. The molecular formula is C15H23N3O2. The molecule has 0 spiro atoms. The van der Waals surface area contributed by atoms with Gasteiger partial charge in [-0.05, 0) is 37.5 Å². The highest BCUT2D eigenvalue weighted by Gasteiger charge is 2.15. The Morgan fingerprint density at radius 2 is 2.30 bits per heavy atom. The zero-order valence-corrected chi connectivity index (χ0v) is 12.2. The molecule has 1 amide bonds. The number of ether oxygens (including phenoxy) is 1. The number of benzene rings is 1. The molecule has 1 aliphatic heterocycles. The highest BCUT2D eigenvalue weighted by Crippen LogP contribution is 2.22. The van der Waals surface area contributed by atoms with Crippen molar-refractivity contribution in [3.05, 3.63) is 23.8 Å². The number of carbonyl (C=O) groups is 1. The minimum absolute atomic E-state index is 0.0211. The van der Waals surface area contributed by atoms with Gasteiger partial charge in [-0.15, -0.1) is 0 Å². The number of rotatable bonds is 5. The van der Waals surface area contributed by atoms with Crippen molar-refractivity contribution in [1.29, 1.82) is 0 Å². The average molecular weight is 277 g/mol. The van der Waals surface area contributed by atoms with Crippen LogP contribution in [0.25, 0.3) is 0 Å². The second-order valence-electron chi connectivity index (χ2n) is 5.35. The second kappa shape index (κ2) is 6.61. The molecule has 1 aromatic rings. The largest absolute Gasteiger partial charge is 0.397 e. The number of anilines is 2. The number of nitrogen functional groups attached to an aromatic ring is 1. The first kappa shape index (κ1) is 14.7. The Bertz CT molecular complexity index is 468. The summed E-state index contributed by atoms with van der Waals surface area (Å²) in [7, 11) is 3.48. The summed E-state index contributed by atoms with van der Waals surface area (Å²) < 4.78 is 5.58. The van der Waals surface area contributed by atoms with Crippen LogP contribution in [0.15, 0.2) is 18.2 Å². The summed E-state index contributed by atoms with van der Waals surface area (Å²) in [5.74, 6) is -0.0211. The molecule has 1 unspecified atom stereocenters. The van der Waals surface area contributed by atoms with E-state index in [1.807, 2.05) is 6.07 Å². The Balaban J connectivity index is 1.95. The molecule has 5 heteroatoms. The minimum Gasteiger partial charge on any atom is -0.397 e. The van der Waals surface area contributed by atoms with Crippen LogP contribution in [0.4, 0.5) is 11.4 Å². The molecule has 1 atom stereocenters. The van der Waals surface area contributed by atoms with Gasteiger partial charge in [-0.2, -0.15) is 0 Å². The zero-order valence-electron chi connectivity index (χ0n) is 12.2. The maximum atomic E-state index is 11.9. The molecule has 0 saturated carbocycles. The fraction of sp³-hybridized carbons (Fsp3) is 0.533. The minimum atomic E-state index is -0.0211. The second-order valence-corrected chi connectivity index (χ2v) is 5.35. The maximum absolute atomic E-state index is 11.9. The third-order valence-electron chi connectivity index (χ3n) is 3.51. The molecule has 2 rings (SSSR count). The van der Waals surface area contributed by atoms with Gasteiger partial charge in [-0.1, -0.05) is 0 Å². The Labute approximate surface area is 120 Å². The summed E-state index contributed by atoms with van der Waals surface area (Å²) in [6.45, 7) is 1.67. The summed E-state index contributed by atoms with van der Waals surface area (Å²) in [5.41, 5.74) is 8.06. The lowest BCUT2D eigenvalue weighted by Gasteiger charge is -2.15. The SMILES string of the molecule is CN(C)C(=O)c1ccc(N)c(NCCC2CCCO2)c1. The van der Waals surface area contributed by atoms with Crippen LogP contribution in [0.2, 0.25) is 0 Å². The van der Waals surface area contributed by atoms with Gasteiger partial charge < -0.3 is 20.7 Å². The molecule has 0 radical (unpaired) electrons. The summed E-state index contributed by atoms with van der Waals surface area (Å²) in [4.78, 5) is 13.5. The van der Waals surface area contributed by atoms with Gasteiger partial charge in [0, 0.05) is 32.8 Å². The van der Waals surface area contributed by atoms with Crippen molar-refractivity contribution < 1.29 is 9.53 Å². The summed E-state index contributed by atoms with van der Waals surface area (Å²) in [6.07, 6.45) is 3.61. The molecule has 3 N–H and O–H groups in total. The molecule has 20 heavy (non-hydrogen) atoms. The summed E-state index contributed by atoms with van der Waals surface area (Å²) in [5, 5.41) is 3.30. The molecule has 1 saturated heterocycles. The Kier molecular flexibility index (Phi) is 4.84. The molecule has 0 bridgehead atoms. The number of hydrogen-bond acceptors (Lipinski definition) is 4. The summed E-state index contributed by atoms with van der Waals surface area (Å²) in [6, 6.07) is 5.33. The molecule has 0 aliphatic carbocycles. The van der Waals surface area contributed by atoms with Gasteiger partial charge in [0.25, 0.3) is 5.91 Å². The fourth-order valence-corrected chi connectivity index (χ4v) is 2.34. The number of nitrogens with one attached hydrogen (secondary N) is 1.